The van der Waals surface area contributed by atoms with Crippen LogP contribution in [0.15, 0.2) is 24.3 Å². The second-order valence-electron chi connectivity index (χ2n) is 2.04. The number of ether oxygens (including phenoxy) is 1. The van der Waals surface area contributed by atoms with Crippen LogP contribution in [-0.2, 0) is 11.5 Å². The lowest BCUT2D eigenvalue weighted by Crippen LogP contribution is -1.88. The molecule has 1 aromatic rings. The van der Waals surface area contributed by atoms with Crippen LogP contribution < -0.4 is 4.74 Å². The summed E-state index contributed by atoms with van der Waals surface area (Å²) >= 11 is -0.250. The highest BCUT2D eigenvalue weighted by Crippen LogP contribution is 2.17. The Bertz CT molecular complexity index is 349. The summed E-state index contributed by atoms with van der Waals surface area (Å²) in [6.07, 6.45) is 0. The van der Waals surface area contributed by atoms with E-state index in [2.05, 4.69) is 0 Å². The maximum absolute atomic E-state index is 10.2. The molecule has 0 radical (unpaired) electrons. The van der Waals surface area contributed by atoms with E-state index in [1.54, 1.807) is 12.1 Å². The van der Waals surface area contributed by atoms with Gasteiger partial charge >= 0.3 is 0 Å². The van der Waals surface area contributed by atoms with Crippen molar-refractivity contribution < 1.29 is 13.9 Å². The van der Waals surface area contributed by atoms with Crippen molar-refractivity contribution in [2.45, 2.75) is 0 Å². The molecular weight excluding hydrogens is 208 g/mol. The smallest absolute Gasteiger partial charge is 0.273 e. The molecule has 0 amide bonds. The van der Waals surface area contributed by atoms with E-state index in [-0.39, 0.29) is 17.2 Å². The third kappa shape index (κ3) is 4.31. The van der Waals surface area contributed by atoms with Gasteiger partial charge in [0.2, 0.25) is 0 Å². The van der Waals surface area contributed by atoms with Crippen molar-refractivity contribution in [1.29, 1.82) is 4.78 Å². The topological polar surface area (TPSA) is 93.3 Å². The third-order valence-electron chi connectivity index (χ3n) is 1.26. The molecule has 1 N–H and O–H groups in total. The maximum Gasteiger partial charge on any atom is 0.273 e. The number of rotatable bonds is 2. The predicted octanol–water partition coefficient (Wildman–Crippen LogP) is 1.57. The van der Waals surface area contributed by atoms with Gasteiger partial charge in [-0.15, -0.1) is 0 Å². The van der Waals surface area contributed by atoms with Crippen LogP contribution in [0.25, 0.3) is 0 Å². The van der Waals surface area contributed by atoms with Gasteiger partial charge in [0.15, 0.2) is 11.5 Å². The summed E-state index contributed by atoms with van der Waals surface area (Å²) in [5.74, 6) is 0.499. The number of nitrogens with zero attached hydrogens (tertiary/aromatic N) is 1. The zero-order valence-corrected chi connectivity index (χ0v) is 8.11. The molecule has 7 heteroatoms. The summed E-state index contributed by atoms with van der Waals surface area (Å²) in [7, 11) is 1.47. The fourth-order valence-electron chi connectivity index (χ4n) is 0.724. The highest BCUT2D eigenvalue weighted by atomic mass is 32.1. The van der Waals surface area contributed by atoms with Crippen molar-refractivity contribution in [3.63, 3.8) is 0 Å². The quantitative estimate of drug-likeness (QED) is 0.599. The minimum atomic E-state index is -0.456. The molecule has 0 heterocycles. The summed E-state index contributed by atoms with van der Waals surface area (Å²) in [6.45, 7) is 0. The van der Waals surface area contributed by atoms with E-state index in [0.29, 0.717) is 5.75 Å². The van der Waals surface area contributed by atoms with Gasteiger partial charge in [-0.25, -0.2) is 4.78 Å². The van der Waals surface area contributed by atoms with Gasteiger partial charge < -0.3 is 4.74 Å². The van der Waals surface area contributed by atoms with Crippen molar-refractivity contribution in [1.82, 2.24) is 0 Å². The standard InChI is InChI=1S/C7H7NO3.HNOS/c1-11-7-4-2-3-6(5-7)8(9)10;1-3-2/h2-5H,1H3;1H. The summed E-state index contributed by atoms with van der Waals surface area (Å²) in [5, 5.41) is 10.2. The summed E-state index contributed by atoms with van der Waals surface area (Å²) in [6, 6.07) is 6.03. The molecule has 0 fully saturated rings. The third-order valence-corrected chi connectivity index (χ3v) is 1.26. The molecule has 0 bridgehead atoms. The molecule has 0 atom stereocenters. The molecular formula is C7H8N2O4S. The van der Waals surface area contributed by atoms with Crippen LogP contribution in [0.4, 0.5) is 5.69 Å². The van der Waals surface area contributed by atoms with Crippen molar-refractivity contribution in [3.05, 3.63) is 34.4 Å². The first-order valence-corrected chi connectivity index (χ1v) is 4.13. The van der Waals surface area contributed by atoms with E-state index in [9.17, 15) is 10.1 Å². The number of nitro benzene ring substituents is 1. The molecule has 6 nitrogen and oxygen atoms in total. The Morgan fingerprint density at radius 1 is 1.57 bits per heavy atom. The predicted molar refractivity (Wildman–Crippen MR) is 50.5 cm³/mol. The Kier molecular flexibility index (Phi) is 5.88. The maximum atomic E-state index is 10.2. The van der Waals surface area contributed by atoms with Crippen LogP contribution in [-0.4, -0.2) is 16.2 Å². The SMILES string of the molecule is COc1cccc([N+](=O)[O-])c1.N=S=O. The summed E-state index contributed by atoms with van der Waals surface area (Å²) < 4.78 is 18.9. The van der Waals surface area contributed by atoms with Crippen LogP contribution >= 0.6 is 0 Å². The highest BCUT2D eigenvalue weighted by Gasteiger charge is 2.04. The average molecular weight is 216 g/mol. The monoisotopic (exact) mass is 216 g/mol. The summed E-state index contributed by atoms with van der Waals surface area (Å²) in [4.78, 5) is 9.76. The van der Waals surface area contributed by atoms with Crippen LogP contribution in [0.1, 0.15) is 0 Å². The normalized spacial score (nSPS) is 8.07. The Balaban J connectivity index is 0.000000500. The first kappa shape index (κ1) is 12.2. The van der Waals surface area contributed by atoms with Gasteiger partial charge in [0.05, 0.1) is 18.1 Å². The van der Waals surface area contributed by atoms with Crippen molar-refractivity contribution >= 4 is 17.2 Å². The van der Waals surface area contributed by atoms with E-state index < -0.39 is 4.92 Å². The lowest BCUT2D eigenvalue weighted by molar-refractivity contribution is -0.384. The number of non-ortho nitro benzene ring substituents is 1. The Labute approximate surface area is 83.7 Å². The highest BCUT2D eigenvalue weighted by molar-refractivity contribution is 7.53. The first-order valence-electron chi connectivity index (χ1n) is 3.39. The van der Waals surface area contributed by atoms with Crippen molar-refractivity contribution in [3.8, 4) is 5.75 Å². The van der Waals surface area contributed by atoms with Gasteiger partial charge in [-0.2, -0.15) is 4.21 Å². The van der Waals surface area contributed by atoms with Gasteiger partial charge in [-0.3, -0.25) is 10.1 Å². The zero-order valence-electron chi connectivity index (χ0n) is 7.30. The minimum Gasteiger partial charge on any atom is -0.497 e. The lowest BCUT2D eigenvalue weighted by atomic mass is 10.3. The van der Waals surface area contributed by atoms with Gasteiger partial charge in [-0.05, 0) is 6.07 Å². The van der Waals surface area contributed by atoms with Gasteiger partial charge in [0, 0.05) is 6.07 Å². The Morgan fingerprint density at radius 3 is 2.57 bits per heavy atom. The number of benzene rings is 1. The van der Waals surface area contributed by atoms with Gasteiger partial charge in [-0.1, -0.05) is 6.07 Å². The largest absolute Gasteiger partial charge is 0.497 e. The van der Waals surface area contributed by atoms with Crippen molar-refractivity contribution in [2.75, 3.05) is 7.11 Å². The van der Waals surface area contributed by atoms with E-state index in [0.717, 1.165) is 0 Å². The molecule has 1 aromatic carbocycles. The zero-order chi connectivity index (χ0) is 11.0. The molecule has 14 heavy (non-hydrogen) atoms. The van der Waals surface area contributed by atoms with Crippen LogP contribution in [0.3, 0.4) is 0 Å². The van der Waals surface area contributed by atoms with Gasteiger partial charge in [0.25, 0.3) is 5.69 Å². The van der Waals surface area contributed by atoms with E-state index >= 15 is 0 Å². The van der Waals surface area contributed by atoms with Crippen molar-refractivity contribution in [2.24, 2.45) is 0 Å². The molecule has 0 aromatic heterocycles. The molecule has 0 aliphatic heterocycles. The molecule has 1 rings (SSSR count). The minimum absolute atomic E-state index is 0.0457. The summed E-state index contributed by atoms with van der Waals surface area (Å²) in [5.41, 5.74) is 0.0457. The molecule has 0 spiro atoms. The Hall–Kier alpha value is -1.76. The molecule has 76 valence electrons. The van der Waals surface area contributed by atoms with E-state index in [1.165, 1.54) is 19.2 Å². The van der Waals surface area contributed by atoms with E-state index in [1.807, 2.05) is 0 Å². The first-order chi connectivity index (χ1) is 6.65. The number of nitro groups is 1. The Morgan fingerprint density at radius 2 is 2.14 bits per heavy atom. The molecule has 0 saturated carbocycles. The van der Waals surface area contributed by atoms with E-state index in [4.69, 9.17) is 13.7 Å². The number of hydrogen-bond acceptors (Lipinski definition) is 5. The molecule has 0 saturated heterocycles. The van der Waals surface area contributed by atoms with Crippen LogP contribution in [0.2, 0.25) is 0 Å². The fourth-order valence-corrected chi connectivity index (χ4v) is 0.724. The lowest BCUT2D eigenvalue weighted by Gasteiger charge is -1.96. The molecule has 0 aliphatic rings. The number of nitrogens with one attached hydrogen (secondary N) is 1. The molecule has 0 aliphatic carbocycles. The molecule has 0 unspecified atom stereocenters. The second kappa shape index (κ2) is 6.72. The number of hydrogen-bond donors (Lipinski definition) is 1. The second-order valence-corrected chi connectivity index (χ2v) is 2.21. The average Bonchev–Trinajstić information content (AvgIpc) is 2.19. The van der Waals surface area contributed by atoms with Crippen LogP contribution in [0.5, 0.6) is 5.75 Å². The fraction of sp³-hybridized carbons (Fsp3) is 0.143. The number of methoxy groups -OCH3 is 1. The van der Waals surface area contributed by atoms with Gasteiger partial charge in [0.1, 0.15) is 5.75 Å². The van der Waals surface area contributed by atoms with Crippen LogP contribution in [0, 0.1) is 14.9 Å².